The number of carbonyl (C=O) groups excluding carboxylic acids is 1. The lowest BCUT2D eigenvalue weighted by atomic mass is 10.1. The standard InChI is InChI=1S/C12H23N3O/c16-12(15-9-2-1-3-10-15)14-11-5-4-7-13-8-6-11/h11,13H,1-10H2,(H,14,16). The minimum absolute atomic E-state index is 0.159. The van der Waals surface area contributed by atoms with Crippen LogP contribution in [0.1, 0.15) is 38.5 Å². The van der Waals surface area contributed by atoms with Gasteiger partial charge in [0.05, 0.1) is 0 Å². The van der Waals surface area contributed by atoms with Crippen LogP contribution in [0.5, 0.6) is 0 Å². The molecule has 2 rings (SSSR count). The number of likely N-dealkylation sites (tertiary alicyclic amines) is 1. The first-order valence-electron chi connectivity index (χ1n) is 6.62. The van der Waals surface area contributed by atoms with Gasteiger partial charge in [-0.3, -0.25) is 0 Å². The smallest absolute Gasteiger partial charge is 0.317 e. The van der Waals surface area contributed by atoms with Crippen molar-refractivity contribution in [2.75, 3.05) is 26.2 Å². The van der Waals surface area contributed by atoms with Gasteiger partial charge in [0.2, 0.25) is 0 Å². The average Bonchev–Trinajstić information content (AvgIpc) is 2.59. The molecule has 2 heterocycles. The van der Waals surface area contributed by atoms with E-state index in [0.717, 1.165) is 39.0 Å². The summed E-state index contributed by atoms with van der Waals surface area (Å²) >= 11 is 0. The van der Waals surface area contributed by atoms with Crippen molar-refractivity contribution in [1.82, 2.24) is 15.5 Å². The molecular weight excluding hydrogens is 202 g/mol. The lowest BCUT2D eigenvalue weighted by Gasteiger charge is -2.29. The van der Waals surface area contributed by atoms with Crippen LogP contribution in [0.25, 0.3) is 0 Å². The molecule has 0 saturated carbocycles. The van der Waals surface area contributed by atoms with Gasteiger partial charge in [-0.25, -0.2) is 4.79 Å². The fraction of sp³-hybridized carbons (Fsp3) is 0.917. The summed E-state index contributed by atoms with van der Waals surface area (Å²) in [5.41, 5.74) is 0. The summed E-state index contributed by atoms with van der Waals surface area (Å²) in [6, 6.07) is 0.538. The van der Waals surface area contributed by atoms with Crippen molar-refractivity contribution in [3.8, 4) is 0 Å². The second-order valence-corrected chi connectivity index (χ2v) is 4.88. The van der Waals surface area contributed by atoms with Gasteiger partial charge in [0.15, 0.2) is 0 Å². The maximum Gasteiger partial charge on any atom is 0.317 e. The van der Waals surface area contributed by atoms with Crippen LogP contribution < -0.4 is 10.6 Å². The maximum atomic E-state index is 12.0. The van der Waals surface area contributed by atoms with E-state index in [4.69, 9.17) is 0 Å². The molecule has 0 aromatic rings. The zero-order valence-electron chi connectivity index (χ0n) is 10.0. The quantitative estimate of drug-likeness (QED) is 0.707. The predicted octanol–water partition coefficient (Wildman–Crippen LogP) is 1.32. The van der Waals surface area contributed by atoms with Crippen LogP contribution in [0.4, 0.5) is 4.79 Å². The van der Waals surface area contributed by atoms with E-state index in [1.54, 1.807) is 0 Å². The molecule has 2 aliphatic heterocycles. The molecule has 0 aromatic carbocycles. The van der Waals surface area contributed by atoms with Crippen molar-refractivity contribution in [2.24, 2.45) is 0 Å². The first kappa shape index (κ1) is 11.7. The molecule has 2 N–H and O–H groups in total. The molecule has 0 spiro atoms. The van der Waals surface area contributed by atoms with Crippen molar-refractivity contribution in [3.05, 3.63) is 0 Å². The van der Waals surface area contributed by atoms with Crippen LogP contribution in [0.15, 0.2) is 0 Å². The van der Waals surface area contributed by atoms with Crippen LogP contribution in [0.2, 0.25) is 0 Å². The molecule has 16 heavy (non-hydrogen) atoms. The van der Waals surface area contributed by atoms with Crippen molar-refractivity contribution in [3.63, 3.8) is 0 Å². The van der Waals surface area contributed by atoms with Gasteiger partial charge in [0, 0.05) is 19.1 Å². The Bertz CT molecular complexity index is 218. The van der Waals surface area contributed by atoms with Gasteiger partial charge in [-0.15, -0.1) is 0 Å². The van der Waals surface area contributed by atoms with Gasteiger partial charge >= 0.3 is 6.03 Å². The Kier molecular flexibility index (Phi) is 4.45. The Hall–Kier alpha value is -0.770. The van der Waals surface area contributed by atoms with Crippen molar-refractivity contribution >= 4 is 6.03 Å². The molecule has 0 aliphatic carbocycles. The first-order chi connectivity index (χ1) is 7.86. The van der Waals surface area contributed by atoms with Crippen LogP contribution in [0.3, 0.4) is 0 Å². The van der Waals surface area contributed by atoms with Crippen molar-refractivity contribution in [2.45, 2.75) is 44.6 Å². The van der Waals surface area contributed by atoms with E-state index in [0.29, 0.717) is 6.04 Å². The molecule has 0 bridgehead atoms. The highest BCUT2D eigenvalue weighted by Crippen LogP contribution is 2.10. The highest BCUT2D eigenvalue weighted by Gasteiger charge is 2.20. The fourth-order valence-corrected chi connectivity index (χ4v) is 2.53. The van der Waals surface area contributed by atoms with E-state index in [-0.39, 0.29) is 6.03 Å². The summed E-state index contributed by atoms with van der Waals surface area (Å²) in [4.78, 5) is 13.9. The van der Waals surface area contributed by atoms with Crippen LogP contribution in [0, 0.1) is 0 Å². The lowest BCUT2D eigenvalue weighted by molar-refractivity contribution is 0.181. The number of carbonyl (C=O) groups is 1. The molecule has 4 heteroatoms. The number of nitrogens with one attached hydrogen (secondary N) is 2. The van der Waals surface area contributed by atoms with E-state index in [1.165, 1.54) is 25.7 Å². The number of hydrogen-bond donors (Lipinski definition) is 2. The topological polar surface area (TPSA) is 44.4 Å². The van der Waals surface area contributed by atoms with E-state index < -0.39 is 0 Å². The molecule has 2 amide bonds. The second kappa shape index (κ2) is 6.09. The van der Waals surface area contributed by atoms with Gasteiger partial charge < -0.3 is 15.5 Å². The Balaban J connectivity index is 1.76. The monoisotopic (exact) mass is 225 g/mol. The van der Waals surface area contributed by atoms with Crippen molar-refractivity contribution < 1.29 is 4.79 Å². The molecule has 0 radical (unpaired) electrons. The highest BCUT2D eigenvalue weighted by molar-refractivity contribution is 5.74. The molecule has 0 aromatic heterocycles. The molecule has 2 aliphatic rings. The Morgan fingerprint density at radius 1 is 1.06 bits per heavy atom. The van der Waals surface area contributed by atoms with Crippen molar-refractivity contribution in [1.29, 1.82) is 0 Å². The molecule has 1 atom stereocenters. The van der Waals surface area contributed by atoms with Gasteiger partial charge in [-0.05, 0) is 51.6 Å². The molecule has 92 valence electrons. The van der Waals surface area contributed by atoms with Gasteiger partial charge in [0.1, 0.15) is 0 Å². The van der Waals surface area contributed by atoms with Crippen LogP contribution in [-0.2, 0) is 0 Å². The van der Waals surface area contributed by atoms with E-state index in [2.05, 4.69) is 10.6 Å². The van der Waals surface area contributed by atoms with Gasteiger partial charge in [-0.1, -0.05) is 0 Å². The maximum absolute atomic E-state index is 12.0. The third-order valence-electron chi connectivity index (χ3n) is 3.55. The van der Waals surface area contributed by atoms with Gasteiger partial charge in [0.25, 0.3) is 0 Å². The fourth-order valence-electron chi connectivity index (χ4n) is 2.53. The summed E-state index contributed by atoms with van der Waals surface area (Å²) < 4.78 is 0. The third-order valence-corrected chi connectivity index (χ3v) is 3.55. The van der Waals surface area contributed by atoms with Crippen LogP contribution in [-0.4, -0.2) is 43.2 Å². The normalized spacial score (nSPS) is 27.2. The number of hydrogen-bond acceptors (Lipinski definition) is 2. The predicted molar refractivity (Wildman–Crippen MR) is 64.5 cm³/mol. The molecule has 1 unspecified atom stereocenters. The summed E-state index contributed by atoms with van der Waals surface area (Å²) in [5, 5.41) is 6.54. The zero-order chi connectivity index (χ0) is 11.2. The number of amides is 2. The van der Waals surface area contributed by atoms with E-state index >= 15 is 0 Å². The molecule has 4 nitrogen and oxygen atoms in total. The minimum atomic E-state index is 0.159. The molecule has 2 fully saturated rings. The van der Waals surface area contributed by atoms with Crippen LogP contribution >= 0.6 is 0 Å². The lowest BCUT2D eigenvalue weighted by Crippen LogP contribution is -2.46. The average molecular weight is 225 g/mol. The Morgan fingerprint density at radius 2 is 1.88 bits per heavy atom. The SMILES string of the molecule is O=C(NC1CCCNCC1)N1CCCCC1. The summed E-state index contributed by atoms with van der Waals surface area (Å²) in [6.07, 6.45) is 6.97. The highest BCUT2D eigenvalue weighted by atomic mass is 16.2. The zero-order valence-corrected chi connectivity index (χ0v) is 10.0. The molecular formula is C12H23N3O. The number of nitrogens with zero attached hydrogens (tertiary/aromatic N) is 1. The minimum Gasteiger partial charge on any atom is -0.335 e. The third kappa shape index (κ3) is 3.37. The van der Waals surface area contributed by atoms with Gasteiger partial charge in [-0.2, -0.15) is 0 Å². The molecule has 2 saturated heterocycles. The van der Waals surface area contributed by atoms with E-state index in [9.17, 15) is 4.79 Å². The van der Waals surface area contributed by atoms with E-state index in [1.807, 2.05) is 4.90 Å². The Labute approximate surface area is 97.8 Å². The Morgan fingerprint density at radius 3 is 2.69 bits per heavy atom. The second-order valence-electron chi connectivity index (χ2n) is 4.88. The summed E-state index contributed by atoms with van der Waals surface area (Å²) in [5.74, 6) is 0. The number of urea groups is 1. The first-order valence-corrected chi connectivity index (χ1v) is 6.62. The summed E-state index contributed by atoms with van der Waals surface area (Å²) in [7, 11) is 0. The number of piperidine rings is 1. The largest absolute Gasteiger partial charge is 0.335 e. The number of rotatable bonds is 1. The summed E-state index contributed by atoms with van der Waals surface area (Å²) in [6.45, 7) is 4.01.